The lowest BCUT2D eigenvalue weighted by Crippen LogP contribution is -2.36. The van der Waals surface area contributed by atoms with Gasteiger partial charge in [-0.2, -0.15) is 0 Å². The highest BCUT2D eigenvalue weighted by atomic mass is 16.3. The zero-order chi connectivity index (χ0) is 12.5. The van der Waals surface area contributed by atoms with Gasteiger partial charge in [0.1, 0.15) is 0 Å². The first-order valence-corrected chi connectivity index (χ1v) is 7.37. The Morgan fingerprint density at radius 1 is 1.12 bits per heavy atom. The summed E-state index contributed by atoms with van der Waals surface area (Å²) in [7, 11) is 0. The van der Waals surface area contributed by atoms with Gasteiger partial charge in [0.05, 0.1) is 6.10 Å². The largest absolute Gasteiger partial charge is 0.393 e. The predicted octanol–water partition coefficient (Wildman–Crippen LogP) is 2.91. The van der Waals surface area contributed by atoms with E-state index in [2.05, 4.69) is 25.7 Å². The van der Waals surface area contributed by atoms with Crippen LogP contribution in [0.1, 0.15) is 52.9 Å². The number of aliphatic hydroxyl groups excluding tert-OH is 1. The van der Waals surface area contributed by atoms with Gasteiger partial charge in [0.15, 0.2) is 0 Å². The molecule has 3 atom stereocenters. The summed E-state index contributed by atoms with van der Waals surface area (Å²) in [4.78, 5) is 2.59. The Morgan fingerprint density at radius 3 is 2.41 bits per heavy atom. The summed E-state index contributed by atoms with van der Waals surface area (Å²) in [6.45, 7) is 10.7. The van der Waals surface area contributed by atoms with Gasteiger partial charge in [-0.05, 0) is 43.1 Å². The van der Waals surface area contributed by atoms with Crippen molar-refractivity contribution >= 4 is 0 Å². The topological polar surface area (TPSA) is 23.5 Å². The van der Waals surface area contributed by atoms with E-state index in [4.69, 9.17) is 0 Å². The second kappa shape index (κ2) is 5.27. The van der Waals surface area contributed by atoms with Crippen molar-refractivity contribution in [3.8, 4) is 0 Å². The molecule has 1 saturated carbocycles. The Hall–Kier alpha value is -0.0800. The molecule has 0 aromatic rings. The highest BCUT2D eigenvalue weighted by molar-refractivity contribution is 4.86. The van der Waals surface area contributed by atoms with Crippen molar-refractivity contribution in [2.45, 2.75) is 59.0 Å². The van der Waals surface area contributed by atoms with Crippen LogP contribution in [0.2, 0.25) is 0 Å². The lowest BCUT2D eigenvalue weighted by Gasteiger charge is -2.32. The van der Waals surface area contributed by atoms with Crippen molar-refractivity contribution in [2.24, 2.45) is 17.3 Å². The van der Waals surface area contributed by atoms with Gasteiger partial charge in [-0.15, -0.1) is 0 Å². The van der Waals surface area contributed by atoms with Gasteiger partial charge in [0, 0.05) is 13.1 Å². The summed E-state index contributed by atoms with van der Waals surface area (Å²) < 4.78 is 0. The first-order valence-electron chi connectivity index (χ1n) is 7.37. The molecule has 0 amide bonds. The van der Waals surface area contributed by atoms with Gasteiger partial charge >= 0.3 is 0 Å². The van der Waals surface area contributed by atoms with E-state index in [-0.39, 0.29) is 6.10 Å². The van der Waals surface area contributed by atoms with Crippen molar-refractivity contribution in [1.29, 1.82) is 0 Å². The van der Waals surface area contributed by atoms with Crippen molar-refractivity contribution in [3.05, 3.63) is 0 Å². The van der Waals surface area contributed by atoms with E-state index in [0.717, 1.165) is 18.9 Å². The highest BCUT2D eigenvalue weighted by Gasteiger charge is 2.33. The smallest absolute Gasteiger partial charge is 0.0580 e. The molecule has 2 nitrogen and oxygen atoms in total. The molecule has 1 aliphatic carbocycles. The Morgan fingerprint density at radius 2 is 1.82 bits per heavy atom. The Bertz CT molecular complexity index is 246. The molecule has 2 heteroatoms. The summed E-state index contributed by atoms with van der Waals surface area (Å²) in [6.07, 6.45) is 6.11. The zero-order valence-electron chi connectivity index (χ0n) is 11.8. The number of likely N-dealkylation sites (tertiary alicyclic amines) is 1. The molecule has 2 aliphatic rings. The van der Waals surface area contributed by atoms with Gasteiger partial charge in [0.2, 0.25) is 0 Å². The molecule has 2 fully saturated rings. The molecule has 1 N–H and O–H groups in total. The number of aliphatic hydroxyl groups is 1. The number of hydrogen-bond donors (Lipinski definition) is 1. The fourth-order valence-corrected chi connectivity index (χ4v) is 3.44. The van der Waals surface area contributed by atoms with Crippen LogP contribution in [0.15, 0.2) is 0 Å². The highest BCUT2D eigenvalue weighted by Crippen LogP contribution is 2.35. The first kappa shape index (κ1) is 13.4. The van der Waals surface area contributed by atoms with Crippen LogP contribution < -0.4 is 0 Å². The minimum Gasteiger partial charge on any atom is -0.393 e. The zero-order valence-corrected chi connectivity index (χ0v) is 11.8. The Kier molecular flexibility index (Phi) is 4.14. The molecule has 0 spiro atoms. The molecule has 1 heterocycles. The molecular weight excluding hydrogens is 210 g/mol. The monoisotopic (exact) mass is 239 g/mol. The van der Waals surface area contributed by atoms with E-state index in [1.165, 1.54) is 38.8 Å². The van der Waals surface area contributed by atoms with Crippen LogP contribution in [0.5, 0.6) is 0 Å². The van der Waals surface area contributed by atoms with Gasteiger partial charge in [-0.1, -0.05) is 33.6 Å². The van der Waals surface area contributed by atoms with Crippen molar-refractivity contribution in [2.75, 3.05) is 19.6 Å². The molecule has 17 heavy (non-hydrogen) atoms. The van der Waals surface area contributed by atoms with Crippen LogP contribution in [-0.2, 0) is 0 Å². The quantitative estimate of drug-likeness (QED) is 0.801. The van der Waals surface area contributed by atoms with Gasteiger partial charge < -0.3 is 10.0 Å². The van der Waals surface area contributed by atoms with E-state index in [1.54, 1.807) is 0 Å². The lowest BCUT2D eigenvalue weighted by molar-refractivity contribution is 0.0492. The molecule has 3 unspecified atom stereocenters. The third-order valence-corrected chi connectivity index (χ3v) is 4.86. The SMILES string of the molecule is CC(C)(C)C1CCN(CC2CCCCC2O)C1. The maximum absolute atomic E-state index is 10.0. The summed E-state index contributed by atoms with van der Waals surface area (Å²) >= 11 is 0. The number of rotatable bonds is 2. The molecular formula is C15H29NO. The fraction of sp³-hybridized carbons (Fsp3) is 1.00. The third-order valence-electron chi connectivity index (χ3n) is 4.86. The lowest BCUT2D eigenvalue weighted by atomic mass is 9.80. The molecule has 0 radical (unpaired) electrons. The predicted molar refractivity (Wildman–Crippen MR) is 72.0 cm³/mol. The van der Waals surface area contributed by atoms with Crippen LogP contribution in [0.3, 0.4) is 0 Å². The molecule has 2 rings (SSSR count). The van der Waals surface area contributed by atoms with E-state index in [9.17, 15) is 5.11 Å². The minimum atomic E-state index is -0.0302. The van der Waals surface area contributed by atoms with Gasteiger partial charge in [0.25, 0.3) is 0 Å². The van der Waals surface area contributed by atoms with Crippen LogP contribution in [0.4, 0.5) is 0 Å². The molecule has 0 bridgehead atoms. The molecule has 0 aromatic heterocycles. The molecule has 0 aromatic carbocycles. The third kappa shape index (κ3) is 3.45. The molecule has 100 valence electrons. The van der Waals surface area contributed by atoms with Gasteiger partial charge in [-0.3, -0.25) is 0 Å². The van der Waals surface area contributed by atoms with Crippen molar-refractivity contribution < 1.29 is 5.11 Å². The maximum atomic E-state index is 10.0. The Labute approximate surface area is 106 Å². The van der Waals surface area contributed by atoms with Gasteiger partial charge in [-0.25, -0.2) is 0 Å². The van der Waals surface area contributed by atoms with E-state index < -0.39 is 0 Å². The maximum Gasteiger partial charge on any atom is 0.0580 e. The van der Waals surface area contributed by atoms with Crippen LogP contribution in [0, 0.1) is 17.3 Å². The van der Waals surface area contributed by atoms with Crippen LogP contribution >= 0.6 is 0 Å². The minimum absolute atomic E-state index is 0.0302. The second-order valence-corrected chi connectivity index (χ2v) is 7.22. The summed E-state index contributed by atoms with van der Waals surface area (Å²) in [5.74, 6) is 1.38. The van der Waals surface area contributed by atoms with Crippen LogP contribution in [0.25, 0.3) is 0 Å². The van der Waals surface area contributed by atoms with Crippen LogP contribution in [-0.4, -0.2) is 35.7 Å². The molecule has 1 saturated heterocycles. The summed E-state index contributed by atoms with van der Waals surface area (Å²) in [6, 6.07) is 0. The summed E-state index contributed by atoms with van der Waals surface area (Å²) in [5.41, 5.74) is 0.444. The Balaban J connectivity index is 1.81. The van der Waals surface area contributed by atoms with E-state index in [1.807, 2.05) is 0 Å². The fourth-order valence-electron chi connectivity index (χ4n) is 3.44. The standard InChI is InChI=1S/C15H29NO/c1-15(2,3)13-8-9-16(11-13)10-12-6-4-5-7-14(12)17/h12-14,17H,4-11H2,1-3H3. The number of hydrogen-bond acceptors (Lipinski definition) is 2. The first-order chi connectivity index (χ1) is 7.97. The van der Waals surface area contributed by atoms with E-state index >= 15 is 0 Å². The average Bonchev–Trinajstić information content (AvgIpc) is 2.69. The van der Waals surface area contributed by atoms with Crippen molar-refractivity contribution in [1.82, 2.24) is 4.90 Å². The van der Waals surface area contributed by atoms with Crippen molar-refractivity contribution in [3.63, 3.8) is 0 Å². The second-order valence-electron chi connectivity index (χ2n) is 7.22. The number of nitrogens with zero attached hydrogens (tertiary/aromatic N) is 1. The molecule has 1 aliphatic heterocycles. The van der Waals surface area contributed by atoms with E-state index in [0.29, 0.717) is 11.3 Å². The normalized spacial score (nSPS) is 36.4. The average molecular weight is 239 g/mol. The summed E-state index contributed by atoms with van der Waals surface area (Å²) in [5, 5.41) is 10.0.